The second-order valence-electron chi connectivity index (χ2n) is 27.9. The number of amides is 11. The number of imide groups is 1. The van der Waals surface area contributed by atoms with Gasteiger partial charge in [-0.15, -0.1) is 0 Å². The monoisotopic (exact) mass is 1510 g/mol. The van der Waals surface area contributed by atoms with Crippen molar-refractivity contribution in [3.63, 3.8) is 0 Å². The molecule has 0 radical (unpaired) electrons. The van der Waals surface area contributed by atoms with Gasteiger partial charge >= 0.3 is 12.1 Å². The summed E-state index contributed by atoms with van der Waals surface area (Å²) in [6.45, 7) is 22.7. The summed E-state index contributed by atoms with van der Waals surface area (Å²) in [6.07, 6.45) is 5.51. The Bertz CT molecular complexity index is 3060. The molecule has 4 unspecified atom stereocenters. The number of halogens is 1. The van der Waals surface area contributed by atoms with Crippen molar-refractivity contribution in [2.45, 2.75) is 231 Å². The predicted octanol–water partition coefficient (Wildman–Crippen LogP) is 8.44. The number of aliphatic hydroxyl groups is 1. The van der Waals surface area contributed by atoms with Crippen molar-refractivity contribution < 1.29 is 72.1 Å². The summed E-state index contributed by atoms with van der Waals surface area (Å²) in [6, 6.07) is 9.56. The van der Waals surface area contributed by atoms with E-state index in [4.69, 9.17) is 19.9 Å². The molecule has 2 fully saturated rings. The Kier molecular flexibility index (Phi) is 35.7. The van der Waals surface area contributed by atoms with Gasteiger partial charge in [-0.25, -0.2) is 9.59 Å². The normalized spacial score (nSPS) is 18.8. The Balaban J connectivity index is 1.35. The van der Waals surface area contributed by atoms with Gasteiger partial charge in [0.05, 0.1) is 58.1 Å². The van der Waals surface area contributed by atoms with Gasteiger partial charge in [0.1, 0.15) is 24.7 Å². The smallest absolute Gasteiger partial charge is 0.410 e. The van der Waals surface area contributed by atoms with Gasteiger partial charge in [-0.1, -0.05) is 159 Å². The molecule has 2 aliphatic heterocycles. The molecule has 14 atom stereocenters. The van der Waals surface area contributed by atoms with Crippen LogP contribution in [0.25, 0.3) is 0 Å². The van der Waals surface area contributed by atoms with Gasteiger partial charge in [-0.05, 0) is 112 Å². The van der Waals surface area contributed by atoms with Gasteiger partial charge in [-0.2, -0.15) is 0 Å². The number of aliphatic hydroxyl groups excluding tert-OH is 1. The lowest BCUT2D eigenvalue weighted by atomic mass is 9.79. The Morgan fingerprint density at radius 2 is 1.44 bits per heavy atom. The van der Waals surface area contributed by atoms with Crippen molar-refractivity contribution in [3.05, 3.63) is 77.9 Å². The first-order chi connectivity index (χ1) is 47.3. The topological polar surface area (TPSA) is 344 Å². The van der Waals surface area contributed by atoms with E-state index in [1.54, 1.807) is 82.8 Å². The van der Waals surface area contributed by atoms with E-state index in [0.29, 0.717) is 68.3 Å². The summed E-state index contributed by atoms with van der Waals surface area (Å²) >= 11 is 2.26. The van der Waals surface area contributed by atoms with Crippen LogP contribution in [0.4, 0.5) is 15.3 Å². The Hall–Kier alpha value is -7.04. The van der Waals surface area contributed by atoms with E-state index >= 15 is 0 Å². The quantitative estimate of drug-likeness (QED) is 0.0102. The molecule has 2 saturated heterocycles. The van der Waals surface area contributed by atoms with Crippen LogP contribution in [0.15, 0.2) is 66.7 Å². The first-order valence-corrected chi connectivity index (χ1v) is 36.7. The average Bonchev–Trinajstić information content (AvgIpc) is 1.63. The summed E-state index contributed by atoms with van der Waals surface area (Å²) in [4.78, 5) is 154. The van der Waals surface area contributed by atoms with Crippen molar-refractivity contribution >= 4 is 93.4 Å². The molecule has 9 N–H and O–H groups in total. The van der Waals surface area contributed by atoms with Crippen LogP contribution in [-0.2, 0) is 64.0 Å². The number of carbonyl (C=O) groups excluding carboxylic acids is 11. The fourth-order valence-corrected chi connectivity index (χ4v) is 14.2. The number of allylic oxidation sites excluding steroid dienone is 2. The summed E-state index contributed by atoms with van der Waals surface area (Å²) < 4.78 is 17.3. The van der Waals surface area contributed by atoms with Crippen LogP contribution in [0, 0.1) is 41.4 Å². The molecule has 2 aromatic carbocycles. The second kappa shape index (κ2) is 41.8. The number of likely N-dealkylation sites (tertiary alicyclic amines) is 2. The molecular weight excluding hydrogens is 1400 g/mol. The molecule has 558 valence electrons. The number of rotatable bonds is 42. The number of methoxy groups -OCH3 is 2. The van der Waals surface area contributed by atoms with Crippen molar-refractivity contribution in [1.82, 2.24) is 41.3 Å². The maximum atomic E-state index is 14.6. The molecular formula is C74H115IN10O15. The fraction of sp³-hybridized carbons (Fsp3) is 0.662. The van der Waals surface area contributed by atoms with Crippen LogP contribution >= 0.6 is 22.6 Å². The number of urea groups is 1. The predicted molar refractivity (Wildman–Crippen MR) is 391 cm³/mol. The van der Waals surface area contributed by atoms with Crippen molar-refractivity contribution in [2.24, 2.45) is 47.2 Å². The number of nitrogens with two attached hydrogens (primary N) is 1. The minimum atomic E-state index is -1.12. The van der Waals surface area contributed by atoms with Crippen LogP contribution < -0.4 is 37.6 Å². The zero-order valence-corrected chi connectivity index (χ0v) is 63.7. The van der Waals surface area contributed by atoms with Gasteiger partial charge < -0.3 is 61.9 Å². The summed E-state index contributed by atoms with van der Waals surface area (Å²) in [5.41, 5.74) is 6.82. The van der Waals surface area contributed by atoms with Gasteiger partial charge in [0.2, 0.25) is 47.3 Å². The molecule has 0 spiro atoms. The molecule has 0 aromatic heterocycles. The van der Waals surface area contributed by atoms with E-state index < -0.39 is 112 Å². The van der Waals surface area contributed by atoms with E-state index in [1.165, 1.54) is 31.1 Å². The molecule has 4 rings (SSSR count). The Morgan fingerprint density at radius 1 is 0.780 bits per heavy atom. The lowest BCUT2D eigenvalue weighted by molar-refractivity contribution is -0.143. The molecule has 2 aliphatic rings. The third-order valence-electron chi connectivity index (χ3n) is 19.6. The number of likely N-dealkylation sites (N-methyl/N-ethyl adjacent to an activating group) is 1. The maximum Gasteiger partial charge on any atom is 0.410 e. The minimum Gasteiger partial charge on any atom is -0.445 e. The van der Waals surface area contributed by atoms with Gasteiger partial charge in [-0.3, -0.25) is 53.0 Å². The van der Waals surface area contributed by atoms with Crippen LogP contribution in [-0.4, -0.2) is 178 Å². The summed E-state index contributed by atoms with van der Waals surface area (Å²) in [5, 5.41) is 27.7. The van der Waals surface area contributed by atoms with E-state index in [2.05, 4.69) is 54.5 Å². The second-order valence-corrected chi connectivity index (χ2v) is 29.9. The number of ketones is 1. The number of nitrogens with one attached hydrogen (secondary N) is 6. The standard InChI is InChI=1S/C74H115IN10O15/c1-16-36-74(75,18-3)54-41-60(88)85(71(54)95)38-24-20-23-31-59(87)81-63(45(6)7)69(93)80-55(29-25-37-77-72(76)96)68(92)79-52-34-32-50(33-35-52)43-100-73(97)83(13)64(46(8)9)70(94)82-62(44(4)5)57(86)40-53(47(10)17-2)58(98-14)42-61(89)84-39-26-30-56(84)66(99-15)48(11)67(91)78-49(12)65(90)51-27-21-19-22-28-51/h16,19,21-22,27-28,32-36,44-49,53-56,58,62-66,90H,17-18,20,23-26,29-31,37-43H2,1-15H3,(H,78,91)(H,79,92)(H,80,93)(H,81,87)(H,82,94)(H3,76,77,96)/b36-16-/t47-,48+,49+,53?,54?,55-,56-,58+,62-,63?,64-,65+,66+,74?/m0/s1. The highest BCUT2D eigenvalue weighted by molar-refractivity contribution is 14.1. The molecule has 2 aromatic rings. The van der Waals surface area contributed by atoms with E-state index in [0.717, 1.165) is 0 Å². The zero-order chi connectivity index (χ0) is 74.7. The summed E-state index contributed by atoms with van der Waals surface area (Å²) in [7, 11) is 4.48. The fourth-order valence-electron chi connectivity index (χ4n) is 13.4. The summed E-state index contributed by atoms with van der Waals surface area (Å²) in [5.74, 6) is -6.09. The highest BCUT2D eigenvalue weighted by Crippen LogP contribution is 2.41. The molecule has 2 heterocycles. The molecule has 100 heavy (non-hydrogen) atoms. The SMILES string of the molecule is C/C=C\C(I)(CC)C1CC(=O)N(CCCCCC(=O)NC(C(=O)N[C@@H](CCCNC(N)=O)C(=O)Nc2ccc(COC(=O)N(C)[C@H](C(=O)N[C@H](C(=O)CC([C@@H](C)CC)[C@@H](CC(=O)N3CCC[C@H]3[C@H](OC)[C@@H](C)C(=O)N[C@H](C)[C@@H](O)c3ccccc3)OC)C(C)C)C(C)C)cc2)C(C)C)C1=O. The van der Waals surface area contributed by atoms with Crippen molar-refractivity contribution in [1.29, 1.82) is 0 Å². The lowest BCUT2D eigenvalue weighted by Gasteiger charge is -2.36. The number of primary amides is 1. The molecule has 0 bridgehead atoms. The van der Waals surface area contributed by atoms with Crippen molar-refractivity contribution in [2.75, 3.05) is 46.2 Å². The van der Waals surface area contributed by atoms with Crippen LogP contribution in [0.2, 0.25) is 0 Å². The largest absolute Gasteiger partial charge is 0.445 e. The average molecular weight is 1510 g/mol. The number of benzene rings is 2. The minimum absolute atomic E-state index is 0.0174. The number of hydrogen-bond donors (Lipinski definition) is 8. The third-order valence-corrected chi connectivity index (χ3v) is 21.5. The third kappa shape index (κ3) is 24.9. The number of hydrogen-bond acceptors (Lipinski definition) is 15. The molecule has 25 nitrogen and oxygen atoms in total. The number of alkyl halides is 1. The highest BCUT2D eigenvalue weighted by atomic mass is 127. The maximum absolute atomic E-state index is 14.6. The molecule has 26 heteroatoms. The van der Waals surface area contributed by atoms with Crippen LogP contribution in [0.5, 0.6) is 0 Å². The molecule has 0 aliphatic carbocycles. The number of anilines is 1. The van der Waals surface area contributed by atoms with Gasteiger partial charge in [0.25, 0.3) is 0 Å². The first-order valence-electron chi connectivity index (χ1n) is 35.6. The number of ether oxygens (including phenoxy) is 3. The first kappa shape index (κ1) is 85.4. The van der Waals surface area contributed by atoms with Crippen LogP contribution in [0.1, 0.15) is 184 Å². The van der Waals surface area contributed by atoms with E-state index in [-0.39, 0.29) is 111 Å². The van der Waals surface area contributed by atoms with Gasteiger partial charge in [0, 0.05) is 65.9 Å². The van der Waals surface area contributed by atoms with E-state index in [9.17, 15) is 57.8 Å². The van der Waals surface area contributed by atoms with Gasteiger partial charge in [0.15, 0.2) is 5.78 Å². The van der Waals surface area contributed by atoms with E-state index in [1.807, 2.05) is 71.9 Å². The molecule has 11 amide bonds. The Labute approximate surface area is 606 Å². The Morgan fingerprint density at radius 3 is 2.02 bits per heavy atom. The number of Topliss-reactive ketones (excluding diaryl/α,β-unsaturated/α-hetero) is 1. The lowest BCUT2D eigenvalue weighted by Crippen LogP contribution is -2.55. The number of unbranched alkanes of at least 4 members (excludes halogenated alkanes) is 2. The zero-order valence-electron chi connectivity index (χ0n) is 61.6. The number of nitrogens with zero attached hydrogens (tertiary/aromatic N) is 3. The van der Waals surface area contributed by atoms with Crippen molar-refractivity contribution in [3.8, 4) is 0 Å². The molecule has 0 saturated carbocycles. The number of carbonyl (C=O) groups is 11. The van der Waals surface area contributed by atoms with Crippen LogP contribution in [0.3, 0.4) is 0 Å². The highest BCUT2D eigenvalue weighted by Gasteiger charge is 2.48.